The van der Waals surface area contributed by atoms with E-state index >= 15 is 0 Å². The van der Waals surface area contributed by atoms with E-state index < -0.39 is 5.82 Å². The van der Waals surface area contributed by atoms with Crippen LogP contribution in [0.2, 0.25) is 0 Å². The molecule has 4 nitrogen and oxygen atoms in total. The summed E-state index contributed by atoms with van der Waals surface area (Å²) < 4.78 is 13.4. The van der Waals surface area contributed by atoms with Crippen LogP contribution in [-0.4, -0.2) is 37.6 Å². The van der Waals surface area contributed by atoms with Gasteiger partial charge in [-0.3, -0.25) is 0 Å². The molecule has 0 aliphatic carbocycles. The number of amides is 2. The van der Waals surface area contributed by atoms with Crippen LogP contribution in [-0.2, 0) is 0 Å². The van der Waals surface area contributed by atoms with Gasteiger partial charge in [-0.15, -0.1) is 0 Å². The summed E-state index contributed by atoms with van der Waals surface area (Å²) in [5.74, 6) is 0.225. The molecule has 19 heavy (non-hydrogen) atoms. The van der Waals surface area contributed by atoms with E-state index in [0.717, 1.165) is 32.5 Å². The first-order valence-corrected chi connectivity index (χ1v) is 6.65. The minimum absolute atomic E-state index is 0.215. The smallest absolute Gasteiger partial charge is 0.321 e. The number of urea groups is 1. The van der Waals surface area contributed by atoms with Crippen molar-refractivity contribution in [3.63, 3.8) is 0 Å². The standard InChI is InChI=1S/C14H20FN3O/c1-16-10-11-6-8-18(9-7-11)14(19)17-13-5-3-2-4-12(13)15/h2-5,11,16H,6-10H2,1H3,(H,17,19). The lowest BCUT2D eigenvalue weighted by Crippen LogP contribution is -2.42. The number of para-hydroxylation sites is 1. The number of benzene rings is 1. The monoisotopic (exact) mass is 265 g/mol. The number of rotatable bonds is 3. The van der Waals surface area contributed by atoms with Crippen LogP contribution in [0.4, 0.5) is 14.9 Å². The van der Waals surface area contributed by atoms with Gasteiger partial charge in [0.2, 0.25) is 0 Å². The second-order valence-corrected chi connectivity index (χ2v) is 4.90. The fourth-order valence-corrected chi connectivity index (χ4v) is 2.39. The molecule has 1 aliphatic rings. The molecule has 104 valence electrons. The van der Waals surface area contributed by atoms with Crippen LogP contribution in [0.15, 0.2) is 24.3 Å². The van der Waals surface area contributed by atoms with Gasteiger partial charge in [0.1, 0.15) is 5.82 Å². The maximum Gasteiger partial charge on any atom is 0.321 e. The zero-order valence-corrected chi connectivity index (χ0v) is 11.2. The maximum atomic E-state index is 13.4. The Morgan fingerprint density at radius 3 is 2.68 bits per heavy atom. The molecule has 0 bridgehead atoms. The van der Waals surface area contributed by atoms with Crippen LogP contribution >= 0.6 is 0 Å². The second kappa shape index (κ2) is 6.52. The number of halogens is 1. The fourth-order valence-electron chi connectivity index (χ4n) is 2.39. The van der Waals surface area contributed by atoms with Crippen molar-refractivity contribution < 1.29 is 9.18 Å². The number of nitrogens with zero attached hydrogens (tertiary/aromatic N) is 1. The van der Waals surface area contributed by atoms with Crippen LogP contribution in [0.3, 0.4) is 0 Å². The number of piperidine rings is 1. The summed E-state index contributed by atoms with van der Waals surface area (Å²) in [7, 11) is 1.94. The van der Waals surface area contributed by atoms with Gasteiger partial charge in [-0.2, -0.15) is 0 Å². The molecular formula is C14H20FN3O. The molecule has 0 atom stereocenters. The lowest BCUT2D eigenvalue weighted by molar-refractivity contribution is 0.182. The molecule has 2 N–H and O–H groups in total. The second-order valence-electron chi connectivity index (χ2n) is 4.90. The van der Waals surface area contributed by atoms with E-state index in [0.29, 0.717) is 5.92 Å². The van der Waals surface area contributed by atoms with Crippen molar-refractivity contribution in [2.24, 2.45) is 5.92 Å². The van der Waals surface area contributed by atoms with E-state index in [1.54, 1.807) is 23.1 Å². The van der Waals surface area contributed by atoms with Crippen molar-refractivity contribution in [3.8, 4) is 0 Å². The highest BCUT2D eigenvalue weighted by Crippen LogP contribution is 2.18. The first-order chi connectivity index (χ1) is 9.20. The van der Waals surface area contributed by atoms with Crippen LogP contribution in [0.25, 0.3) is 0 Å². The van der Waals surface area contributed by atoms with Crippen molar-refractivity contribution in [2.45, 2.75) is 12.8 Å². The van der Waals surface area contributed by atoms with Crippen LogP contribution in [0.5, 0.6) is 0 Å². The van der Waals surface area contributed by atoms with Gasteiger partial charge in [-0.1, -0.05) is 12.1 Å². The minimum Gasteiger partial charge on any atom is -0.325 e. The third kappa shape index (κ3) is 3.67. The molecule has 1 fully saturated rings. The van der Waals surface area contributed by atoms with Crippen molar-refractivity contribution in [2.75, 3.05) is 32.0 Å². The van der Waals surface area contributed by atoms with Gasteiger partial charge in [0.05, 0.1) is 5.69 Å². The lowest BCUT2D eigenvalue weighted by Gasteiger charge is -2.31. The van der Waals surface area contributed by atoms with Crippen molar-refractivity contribution in [1.29, 1.82) is 0 Å². The summed E-state index contributed by atoms with van der Waals surface area (Å²) in [4.78, 5) is 13.8. The molecule has 5 heteroatoms. The fraction of sp³-hybridized carbons (Fsp3) is 0.500. The number of hydrogen-bond donors (Lipinski definition) is 2. The Hall–Kier alpha value is -1.62. The zero-order valence-electron chi connectivity index (χ0n) is 11.2. The van der Waals surface area contributed by atoms with E-state index in [-0.39, 0.29) is 11.7 Å². The molecule has 1 aromatic carbocycles. The van der Waals surface area contributed by atoms with Crippen LogP contribution < -0.4 is 10.6 Å². The average Bonchev–Trinajstić information content (AvgIpc) is 2.42. The SMILES string of the molecule is CNCC1CCN(C(=O)Nc2ccccc2F)CC1. The summed E-state index contributed by atoms with van der Waals surface area (Å²) in [5.41, 5.74) is 0.241. The molecule has 2 rings (SSSR count). The molecule has 0 radical (unpaired) electrons. The quantitative estimate of drug-likeness (QED) is 0.880. The molecule has 0 aromatic heterocycles. The number of anilines is 1. The van der Waals surface area contributed by atoms with Crippen LogP contribution in [0, 0.1) is 11.7 Å². The Morgan fingerprint density at radius 1 is 1.37 bits per heavy atom. The van der Waals surface area contributed by atoms with Crippen LogP contribution in [0.1, 0.15) is 12.8 Å². The Bertz CT molecular complexity index is 430. The summed E-state index contributed by atoms with van der Waals surface area (Å²) in [5, 5.41) is 5.78. The van der Waals surface area contributed by atoms with E-state index in [9.17, 15) is 9.18 Å². The summed E-state index contributed by atoms with van der Waals surface area (Å²) >= 11 is 0. The predicted molar refractivity (Wildman–Crippen MR) is 73.6 cm³/mol. The highest BCUT2D eigenvalue weighted by molar-refractivity contribution is 5.89. The third-order valence-corrected chi connectivity index (χ3v) is 3.51. The Balaban J connectivity index is 1.87. The van der Waals surface area contributed by atoms with Gasteiger partial charge in [-0.05, 0) is 44.5 Å². The van der Waals surface area contributed by atoms with Gasteiger partial charge >= 0.3 is 6.03 Å². The zero-order chi connectivity index (χ0) is 13.7. The van der Waals surface area contributed by atoms with Gasteiger partial charge in [0.15, 0.2) is 0 Å². The number of carbonyl (C=O) groups is 1. The topological polar surface area (TPSA) is 44.4 Å². The first-order valence-electron chi connectivity index (χ1n) is 6.65. The van der Waals surface area contributed by atoms with E-state index in [4.69, 9.17) is 0 Å². The van der Waals surface area contributed by atoms with Gasteiger partial charge < -0.3 is 15.5 Å². The van der Waals surface area contributed by atoms with Gasteiger partial charge in [-0.25, -0.2) is 9.18 Å². The van der Waals surface area contributed by atoms with Gasteiger partial charge in [0.25, 0.3) is 0 Å². The van der Waals surface area contributed by atoms with Crippen molar-refractivity contribution in [3.05, 3.63) is 30.1 Å². The average molecular weight is 265 g/mol. The number of carbonyl (C=O) groups excluding carboxylic acids is 1. The first kappa shape index (κ1) is 13.8. The highest BCUT2D eigenvalue weighted by Gasteiger charge is 2.22. The van der Waals surface area contributed by atoms with Crippen molar-refractivity contribution >= 4 is 11.7 Å². The summed E-state index contributed by atoms with van der Waals surface area (Å²) in [6.45, 7) is 2.45. The largest absolute Gasteiger partial charge is 0.325 e. The molecule has 1 heterocycles. The Kier molecular flexibility index (Phi) is 4.74. The molecule has 0 unspecified atom stereocenters. The summed E-state index contributed by atoms with van der Waals surface area (Å²) in [6.07, 6.45) is 1.98. The minimum atomic E-state index is -0.402. The van der Waals surface area contributed by atoms with E-state index in [2.05, 4.69) is 10.6 Å². The molecule has 2 amide bonds. The molecule has 1 saturated heterocycles. The molecule has 0 spiro atoms. The molecule has 1 aliphatic heterocycles. The summed E-state index contributed by atoms with van der Waals surface area (Å²) in [6, 6.07) is 6.01. The predicted octanol–water partition coefficient (Wildman–Crippen LogP) is 2.29. The maximum absolute atomic E-state index is 13.4. The molecule has 0 saturated carbocycles. The number of hydrogen-bond acceptors (Lipinski definition) is 2. The Labute approximate surface area is 113 Å². The Morgan fingerprint density at radius 2 is 2.05 bits per heavy atom. The van der Waals surface area contributed by atoms with E-state index in [1.165, 1.54) is 6.07 Å². The number of nitrogens with one attached hydrogen (secondary N) is 2. The number of likely N-dealkylation sites (tertiary alicyclic amines) is 1. The van der Waals surface area contributed by atoms with E-state index in [1.807, 2.05) is 7.05 Å². The third-order valence-electron chi connectivity index (χ3n) is 3.51. The van der Waals surface area contributed by atoms with Crippen molar-refractivity contribution in [1.82, 2.24) is 10.2 Å². The lowest BCUT2D eigenvalue weighted by atomic mass is 9.97. The van der Waals surface area contributed by atoms with Gasteiger partial charge in [0, 0.05) is 13.1 Å². The molecular weight excluding hydrogens is 245 g/mol. The molecule has 1 aromatic rings. The highest BCUT2D eigenvalue weighted by atomic mass is 19.1. The normalized spacial score (nSPS) is 16.4.